The summed E-state index contributed by atoms with van der Waals surface area (Å²) in [5, 5.41) is 22.1. The Labute approximate surface area is 243 Å². The fourth-order valence-corrected chi connectivity index (χ4v) is 6.37. The molecule has 41 heavy (non-hydrogen) atoms. The van der Waals surface area contributed by atoms with Crippen LogP contribution in [0.25, 0.3) is 0 Å². The lowest BCUT2D eigenvalue weighted by atomic mass is 9.77. The van der Waals surface area contributed by atoms with Gasteiger partial charge in [0.25, 0.3) is 5.69 Å². The summed E-state index contributed by atoms with van der Waals surface area (Å²) in [7, 11) is -3.12. The first-order valence-corrected chi connectivity index (χ1v) is 16.0. The lowest BCUT2D eigenvalue weighted by Crippen LogP contribution is -2.41. The molecule has 0 saturated carbocycles. The van der Waals surface area contributed by atoms with Gasteiger partial charge in [0.1, 0.15) is 6.09 Å². The summed E-state index contributed by atoms with van der Waals surface area (Å²) >= 11 is 0. The van der Waals surface area contributed by atoms with Crippen molar-refractivity contribution in [3.8, 4) is 0 Å². The SMILES string of the molecule is CC(C)S(=O)(=O)CCC(C)(CCN1CCC(C=CCN(Cc2ccc([N+](=O)[O-])cc2)C(=O)[O-])CC1)c1ccccc1. The summed E-state index contributed by atoms with van der Waals surface area (Å²) < 4.78 is 25.1. The van der Waals surface area contributed by atoms with Crippen LogP contribution in [-0.4, -0.2) is 66.4 Å². The summed E-state index contributed by atoms with van der Waals surface area (Å²) in [5.41, 5.74) is 1.55. The fraction of sp³-hybridized carbons (Fsp3) is 0.516. The number of rotatable bonds is 14. The van der Waals surface area contributed by atoms with Gasteiger partial charge in [-0.3, -0.25) is 10.1 Å². The zero-order chi connectivity index (χ0) is 30.0. The average Bonchev–Trinajstić information content (AvgIpc) is 2.95. The number of nitrogens with zero attached hydrogens (tertiary/aromatic N) is 3. The molecule has 10 heteroatoms. The number of amides is 1. The van der Waals surface area contributed by atoms with Gasteiger partial charge in [0.05, 0.1) is 15.9 Å². The monoisotopic (exact) mass is 584 g/mol. The molecule has 1 saturated heterocycles. The van der Waals surface area contributed by atoms with Gasteiger partial charge in [-0.05, 0) is 81.6 Å². The molecule has 2 aromatic carbocycles. The van der Waals surface area contributed by atoms with E-state index in [9.17, 15) is 28.4 Å². The lowest BCUT2D eigenvalue weighted by molar-refractivity contribution is -0.384. The minimum absolute atomic E-state index is 0.0382. The van der Waals surface area contributed by atoms with Crippen molar-refractivity contribution in [2.24, 2.45) is 5.92 Å². The van der Waals surface area contributed by atoms with E-state index in [0.29, 0.717) is 17.9 Å². The van der Waals surface area contributed by atoms with Crippen LogP contribution in [-0.2, 0) is 21.8 Å². The van der Waals surface area contributed by atoms with Crippen molar-refractivity contribution in [1.29, 1.82) is 0 Å². The Morgan fingerprint density at radius 3 is 2.29 bits per heavy atom. The number of carbonyl (C=O) groups is 1. The van der Waals surface area contributed by atoms with Crippen molar-refractivity contribution >= 4 is 21.6 Å². The normalized spacial score (nSPS) is 16.6. The standard InChI is InChI=1S/C31H43N3O6S/c1-25(2)41(39,40)23-18-31(3,28-9-5-4-6-10-28)17-22-32-20-15-26(16-21-32)8-7-19-33(30(35)36)24-27-11-13-29(14-12-27)34(37)38/h4-14,25-26H,15-24H2,1-3H3,(H,35,36)/p-1. The molecule has 0 aromatic heterocycles. The number of carbonyl (C=O) groups excluding carboxylic acids is 1. The maximum absolute atomic E-state index is 12.6. The maximum atomic E-state index is 12.6. The molecule has 9 nitrogen and oxygen atoms in total. The highest BCUT2D eigenvalue weighted by Gasteiger charge is 2.31. The third kappa shape index (κ3) is 9.67. The van der Waals surface area contributed by atoms with E-state index in [-0.39, 0.29) is 35.2 Å². The highest BCUT2D eigenvalue weighted by Crippen LogP contribution is 2.33. The topological polar surface area (TPSA) is 124 Å². The zero-order valence-electron chi connectivity index (χ0n) is 24.3. The van der Waals surface area contributed by atoms with Crippen molar-refractivity contribution < 1.29 is 23.2 Å². The average molecular weight is 585 g/mol. The number of hydrogen-bond acceptors (Lipinski definition) is 7. The molecule has 0 spiro atoms. The zero-order valence-corrected chi connectivity index (χ0v) is 25.1. The number of nitro groups is 1. The molecular weight excluding hydrogens is 542 g/mol. The quantitative estimate of drug-likeness (QED) is 0.181. The summed E-state index contributed by atoms with van der Waals surface area (Å²) in [6, 6.07) is 16.0. The van der Waals surface area contributed by atoms with Crippen LogP contribution >= 0.6 is 0 Å². The largest absolute Gasteiger partial charge is 0.530 e. The summed E-state index contributed by atoms with van der Waals surface area (Å²) in [5.74, 6) is 0.529. The Bertz CT molecular complexity index is 1270. The van der Waals surface area contributed by atoms with E-state index >= 15 is 0 Å². The Kier molecular flexibility index (Phi) is 11.5. The first-order valence-electron chi connectivity index (χ1n) is 14.2. The number of likely N-dealkylation sites (tertiary alicyclic amines) is 1. The number of benzene rings is 2. The smallest absolute Gasteiger partial charge is 0.269 e. The first kappa shape index (κ1) is 32.3. The fourth-order valence-electron chi connectivity index (χ4n) is 5.16. The Hall–Kier alpha value is -3.24. The summed E-state index contributed by atoms with van der Waals surface area (Å²) in [4.78, 5) is 25.6. The van der Waals surface area contributed by atoms with Crippen molar-refractivity contribution in [2.75, 3.05) is 31.9 Å². The molecule has 1 aliphatic heterocycles. The van der Waals surface area contributed by atoms with Gasteiger partial charge < -0.3 is 19.7 Å². The molecule has 1 atom stereocenters. The lowest BCUT2D eigenvalue weighted by Gasteiger charge is -2.36. The van der Waals surface area contributed by atoms with Gasteiger partial charge in [0, 0.05) is 25.2 Å². The van der Waals surface area contributed by atoms with Crippen LogP contribution in [0.15, 0.2) is 66.7 Å². The van der Waals surface area contributed by atoms with Gasteiger partial charge in [-0.2, -0.15) is 0 Å². The van der Waals surface area contributed by atoms with Gasteiger partial charge in [-0.1, -0.05) is 61.5 Å². The third-order valence-electron chi connectivity index (χ3n) is 8.25. The van der Waals surface area contributed by atoms with E-state index in [2.05, 4.69) is 30.0 Å². The van der Waals surface area contributed by atoms with E-state index in [0.717, 1.165) is 38.9 Å². The van der Waals surface area contributed by atoms with Crippen LogP contribution in [0.3, 0.4) is 0 Å². The molecule has 1 heterocycles. The number of allylic oxidation sites excluding steroid dienone is 1. The first-order chi connectivity index (χ1) is 19.4. The highest BCUT2D eigenvalue weighted by atomic mass is 32.2. The van der Waals surface area contributed by atoms with Crippen LogP contribution in [0.1, 0.15) is 57.6 Å². The molecule has 1 aliphatic rings. The van der Waals surface area contributed by atoms with Gasteiger partial charge in [0.2, 0.25) is 0 Å². The van der Waals surface area contributed by atoms with Crippen molar-refractivity contribution in [3.05, 3.63) is 88.0 Å². The third-order valence-corrected chi connectivity index (χ3v) is 10.5. The maximum Gasteiger partial charge on any atom is 0.269 e. The van der Waals surface area contributed by atoms with E-state index < -0.39 is 20.9 Å². The van der Waals surface area contributed by atoms with Crippen LogP contribution in [0, 0.1) is 16.0 Å². The predicted molar refractivity (Wildman–Crippen MR) is 159 cm³/mol. The van der Waals surface area contributed by atoms with E-state index in [1.807, 2.05) is 24.3 Å². The number of non-ortho nitro benzene ring substituents is 1. The van der Waals surface area contributed by atoms with E-state index in [4.69, 9.17) is 0 Å². The van der Waals surface area contributed by atoms with Crippen LogP contribution < -0.4 is 5.11 Å². The molecular formula is C31H42N3O6S-. The minimum atomic E-state index is -3.12. The second-order valence-corrected chi connectivity index (χ2v) is 14.2. The number of nitro benzene ring substituents is 1. The van der Waals surface area contributed by atoms with Gasteiger partial charge in [0.15, 0.2) is 9.84 Å². The molecule has 3 rings (SSSR count). The predicted octanol–water partition coefficient (Wildman–Crippen LogP) is 4.57. The highest BCUT2D eigenvalue weighted by molar-refractivity contribution is 7.91. The van der Waals surface area contributed by atoms with Gasteiger partial charge in [-0.15, -0.1) is 0 Å². The number of carboxylic acid groups (broad SMARTS) is 1. The van der Waals surface area contributed by atoms with Crippen LogP contribution in [0.5, 0.6) is 0 Å². The Morgan fingerprint density at radius 2 is 1.73 bits per heavy atom. The van der Waals surface area contributed by atoms with E-state index in [1.54, 1.807) is 26.0 Å². The number of sulfone groups is 1. The molecule has 0 bridgehead atoms. The van der Waals surface area contributed by atoms with Crippen molar-refractivity contribution in [1.82, 2.24) is 9.80 Å². The molecule has 0 radical (unpaired) electrons. The second-order valence-electron chi connectivity index (χ2n) is 11.5. The summed E-state index contributed by atoms with van der Waals surface area (Å²) in [6.07, 6.45) is 6.05. The Balaban J connectivity index is 1.50. The van der Waals surface area contributed by atoms with Gasteiger partial charge in [-0.25, -0.2) is 8.42 Å². The van der Waals surface area contributed by atoms with Crippen LogP contribution in [0.2, 0.25) is 0 Å². The molecule has 2 aromatic rings. The van der Waals surface area contributed by atoms with Crippen molar-refractivity contribution in [3.63, 3.8) is 0 Å². The molecule has 0 aliphatic carbocycles. The minimum Gasteiger partial charge on any atom is -0.530 e. The number of piperidine rings is 1. The molecule has 0 N–H and O–H groups in total. The molecule has 1 unspecified atom stereocenters. The number of hydrogen-bond donors (Lipinski definition) is 0. The second kappa shape index (κ2) is 14.6. The van der Waals surface area contributed by atoms with Crippen LogP contribution in [0.4, 0.5) is 10.5 Å². The molecule has 1 fully saturated rings. The summed E-state index contributed by atoms with van der Waals surface area (Å²) in [6.45, 7) is 8.68. The molecule has 1 amide bonds. The molecule has 224 valence electrons. The Morgan fingerprint density at radius 1 is 1.10 bits per heavy atom. The van der Waals surface area contributed by atoms with E-state index in [1.165, 1.54) is 22.6 Å². The van der Waals surface area contributed by atoms with Crippen molar-refractivity contribution in [2.45, 2.75) is 63.7 Å². The van der Waals surface area contributed by atoms with Gasteiger partial charge >= 0.3 is 0 Å².